The Morgan fingerprint density at radius 1 is 1.07 bits per heavy atom. The van der Waals surface area contributed by atoms with Crippen molar-refractivity contribution in [3.05, 3.63) is 72.2 Å². The SMILES string of the molecule is Cc1nc(SCC(=O)N2CCCc3ccccc32)c2cnn(-c3ccccc3)c2n1. The zero-order valence-corrected chi connectivity index (χ0v) is 17.5. The van der Waals surface area contributed by atoms with E-state index in [0.717, 1.165) is 46.8 Å². The van der Waals surface area contributed by atoms with E-state index in [-0.39, 0.29) is 5.91 Å². The average Bonchev–Trinajstić information content (AvgIpc) is 3.21. The van der Waals surface area contributed by atoms with E-state index in [4.69, 9.17) is 0 Å². The molecule has 7 heteroatoms. The monoisotopic (exact) mass is 415 g/mol. The standard InChI is InChI=1S/C23H21N5OS/c1-16-25-22-19(14-24-28(22)18-10-3-2-4-11-18)23(26-16)30-15-21(29)27-13-7-9-17-8-5-6-12-20(17)27/h2-6,8,10-12,14H,7,9,13,15H2,1H3. The first kappa shape index (κ1) is 18.8. The Kier molecular flexibility index (Phi) is 4.96. The Labute approximate surface area is 179 Å². The maximum Gasteiger partial charge on any atom is 0.237 e. The summed E-state index contributed by atoms with van der Waals surface area (Å²) >= 11 is 1.45. The smallest absolute Gasteiger partial charge is 0.237 e. The van der Waals surface area contributed by atoms with Crippen LogP contribution < -0.4 is 4.90 Å². The van der Waals surface area contributed by atoms with Crippen LogP contribution in [0.1, 0.15) is 17.8 Å². The maximum absolute atomic E-state index is 13.0. The topological polar surface area (TPSA) is 63.9 Å². The molecule has 0 radical (unpaired) electrons. The first-order chi connectivity index (χ1) is 14.7. The minimum Gasteiger partial charge on any atom is -0.311 e. The summed E-state index contributed by atoms with van der Waals surface area (Å²) in [6, 6.07) is 18.1. The van der Waals surface area contributed by atoms with Crippen molar-refractivity contribution in [3.63, 3.8) is 0 Å². The van der Waals surface area contributed by atoms with Crippen molar-refractivity contribution in [3.8, 4) is 5.69 Å². The summed E-state index contributed by atoms with van der Waals surface area (Å²) in [6.45, 7) is 2.63. The fourth-order valence-electron chi connectivity index (χ4n) is 3.85. The second kappa shape index (κ2) is 7.91. The molecule has 1 amide bonds. The van der Waals surface area contributed by atoms with Gasteiger partial charge in [0.05, 0.1) is 23.0 Å². The zero-order chi connectivity index (χ0) is 20.5. The predicted molar refractivity (Wildman–Crippen MR) is 119 cm³/mol. The van der Waals surface area contributed by atoms with Crippen LogP contribution in [0.15, 0.2) is 65.8 Å². The van der Waals surface area contributed by atoms with Gasteiger partial charge >= 0.3 is 0 Å². The Balaban J connectivity index is 1.41. The van der Waals surface area contributed by atoms with Crippen molar-refractivity contribution in [2.24, 2.45) is 0 Å². The molecule has 2 aromatic heterocycles. The van der Waals surface area contributed by atoms with E-state index in [1.165, 1.54) is 17.3 Å². The lowest BCUT2D eigenvalue weighted by Gasteiger charge is -2.29. The molecule has 0 saturated heterocycles. The number of aryl methyl sites for hydroxylation is 2. The van der Waals surface area contributed by atoms with Gasteiger partial charge < -0.3 is 4.90 Å². The molecule has 0 atom stereocenters. The third kappa shape index (κ3) is 3.45. The van der Waals surface area contributed by atoms with E-state index in [1.54, 1.807) is 6.20 Å². The number of amides is 1. The number of nitrogens with zero attached hydrogens (tertiary/aromatic N) is 5. The fraction of sp³-hybridized carbons (Fsp3) is 0.217. The van der Waals surface area contributed by atoms with Gasteiger partial charge in [-0.25, -0.2) is 14.6 Å². The van der Waals surface area contributed by atoms with Crippen LogP contribution in [0.2, 0.25) is 0 Å². The first-order valence-corrected chi connectivity index (χ1v) is 11.0. The van der Waals surface area contributed by atoms with Gasteiger partial charge in [-0.15, -0.1) is 0 Å². The highest BCUT2D eigenvalue weighted by Crippen LogP contribution is 2.30. The summed E-state index contributed by atoms with van der Waals surface area (Å²) in [6.07, 6.45) is 3.80. The van der Waals surface area contributed by atoms with Crippen LogP contribution in [0.5, 0.6) is 0 Å². The van der Waals surface area contributed by atoms with Crippen LogP contribution in [0.25, 0.3) is 16.7 Å². The molecule has 0 aliphatic carbocycles. The van der Waals surface area contributed by atoms with Gasteiger partial charge in [0.25, 0.3) is 0 Å². The summed E-state index contributed by atoms with van der Waals surface area (Å²) in [5.41, 5.74) is 3.98. The molecule has 2 aromatic carbocycles. The van der Waals surface area contributed by atoms with E-state index in [9.17, 15) is 4.79 Å². The van der Waals surface area contributed by atoms with Crippen molar-refractivity contribution in [2.45, 2.75) is 24.8 Å². The molecule has 4 aromatic rings. The van der Waals surface area contributed by atoms with Crippen LogP contribution >= 0.6 is 11.8 Å². The molecule has 0 N–H and O–H groups in total. The van der Waals surface area contributed by atoms with Crippen LogP contribution in [0, 0.1) is 6.92 Å². The minimum atomic E-state index is 0.104. The highest BCUT2D eigenvalue weighted by molar-refractivity contribution is 8.00. The second-order valence-corrected chi connectivity index (χ2v) is 8.24. The molecule has 3 heterocycles. The van der Waals surface area contributed by atoms with E-state index < -0.39 is 0 Å². The van der Waals surface area contributed by atoms with Gasteiger partial charge in [-0.3, -0.25) is 4.79 Å². The molecule has 0 unspecified atom stereocenters. The number of fused-ring (bicyclic) bond motifs is 2. The number of carbonyl (C=O) groups excluding carboxylic acids is 1. The minimum absolute atomic E-state index is 0.104. The van der Waals surface area contributed by atoms with Gasteiger partial charge in [0.2, 0.25) is 5.91 Å². The third-order valence-electron chi connectivity index (χ3n) is 5.25. The number of para-hydroxylation sites is 2. The Morgan fingerprint density at radius 2 is 1.87 bits per heavy atom. The van der Waals surface area contributed by atoms with Gasteiger partial charge in [0.15, 0.2) is 5.65 Å². The summed E-state index contributed by atoms with van der Waals surface area (Å²) in [4.78, 5) is 24.1. The fourth-order valence-corrected chi connectivity index (χ4v) is 4.77. The zero-order valence-electron chi connectivity index (χ0n) is 16.7. The van der Waals surface area contributed by atoms with Gasteiger partial charge in [-0.2, -0.15) is 5.10 Å². The molecule has 6 nitrogen and oxygen atoms in total. The summed E-state index contributed by atoms with van der Waals surface area (Å²) in [5, 5.41) is 6.17. The molecule has 1 aliphatic rings. The summed E-state index contributed by atoms with van der Waals surface area (Å²) in [7, 11) is 0. The molecule has 0 fully saturated rings. The van der Waals surface area contributed by atoms with E-state index >= 15 is 0 Å². The summed E-state index contributed by atoms with van der Waals surface area (Å²) < 4.78 is 1.82. The highest BCUT2D eigenvalue weighted by Gasteiger charge is 2.23. The van der Waals surface area contributed by atoms with E-state index in [2.05, 4.69) is 21.1 Å². The van der Waals surface area contributed by atoms with E-state index in [1.807, 2.05) is 65.0 Å². The lowest BCUT2D eigenvalue weighted by Crippen LogP contribution is -2.36. The van der Waals surface area contributed by atoms with E-state index in [0.29, 0.717) is 11.6 Å². The normalized spacial score (nSPS) is 13.4. The van der Waals surface area contributed by atoms with Gasteiger partial charge in [0, 0.05) is 12.2 Å². The van der Waals surface area contributed by atoms with Gasteiger partial charge in [0.1, 0.15) is 10.9 Å². The molecule has 150 valence electrons. The van der Waals surface area contributed by atoms with Crippen molar-refractivity contribution in [1.82, 2.24) is 19.7 Å². The maximum atomic E-state index is 13.0. The molecule has 0 saturated carbocycles. The Morgan fingerprint density at radius 3 is 2.73 bits per heavy atom. The number of rotatable bonds is 4. The first-order valence-electron chi connectivity index (χ1n) is 9.99. The Hall–Kier alpha value is -3.19. The lowest BCUT2D eigenvalue weighted by molar-refractivity contribution is -0.116. The molecule has 1 aliphatic heterocycles. The second-order valence-electron chi connectivity index (χ2n) is 7.27. The molecular formula is C23H21N5OS. The van der Waals surface area contributed by atoms with Crippen molar-refractivity contribution in [1.29, 1.82) is 0 Å². The number of thioether (sulfide) groups is 1. The van der Waals surface area contributed by atoms with Crippen LogP contribution in [-0.4, -0.2) is 38.0 Å². The number of benzene rings is 2. The van der Waals surface area contributed by atoms with Crippen LogP contribution in [0.4, 0.5) is 5.69 Å². The average molecular weight is 416 g/mol. The van der Waals surface area contributed by atoms with Gasteiger partial charge in [-0.1, -0.05) is 48.2 Å². The number of hydrogen-bond acceptors (Lipinski definition) is 5. The number of aromatic nitrogens is 4. The number of hydrogen-bond donors (Lipinski definition) is 0. The number of anilines is 1. The molecule has 5 rings (SSSR count). The van der Waals surface area contributed by atoms with Crippen molar-refractivity contribution in [2.75, 3.05) is 17.2 Å². The summed E-state index contributed by atoms with van der Waals surface area (Å²) in [5.74, 6) is 1.10. The predicted octanol–water partition coefficient (Wildman–Crippen LogP) is 4.20. The number of carbonyl (C=O) groups is 1. The largest absolute Gasteiger partial charge is 0.311 e. The van der Waals surface area contributed by atoms with Crippen molar-refractivity contribution < 1.29 is 4.79 Å². The molecule has 30 heavy (non-hydrogen) atoms. The molecular weight excluding hydrogens is 394 g/mol. The highest BCUT2D eigenvalue weighted by atomic mass is 32.2. The molecule has 0 spiro atoms. The Bertz CT molecular complexity index is 1220. The van der Waals surface area contributed by atoms with Crippen LogP contribution in [0.3, 0.4) is 0 Å². The molecule has 0 bridgehead atoms. The quantitative estimate of drug-likeness (QED) is 0.369. The van der Waals surface area contributed by atoms with Crippen LogP contribution in [-0.2, 0) is 11.2 Å². The van der Waals surface area contributed by atoms with Crippen molar-refractivity contribution >= 4 is 34.4 Å². The lowest BCUT2D eigenvalue weighted by atomic mass is 10.0. The van der Waals surface area contributed by atoms with Gasteiger partial charge in [-0.05, 0) is 43.5 Å². The third-order valence-corrected chi connectivity index (χ3v) is 6.23.